The first-order chi connectivity index (χ1) is 16.3. The minimum Gasteiger partial charge on any atom is -0.505 e. The first kappa shape index (κ1) is 26.2. The Balaban J connectivity index is 1.81. The van der Waals surface area contributed by atoms with E-state index < -0.39 is 23.5 Å². The summed E-state index contributed by atoms with van der Waals surface area (Å²) in [5, 5.41) is 30.3. The van der Waals surface area contributed by atoms with E-state index in [2.05, 4.69) is 16.8 Å². The van der Waals surface area contributed by atoms with Gasteiger partial charge < -0.3 is 19.7 Å². The molecule has 3 rings (SSSR count). The summed E-state index contributed by atoms with van der Waals surface area (Å²) in [6, 6.07) is 8.43. The van der Waals surface area contributed by atoms with Crippen molar-refractivity contribution in [2.24, 2.45) is 0 Å². The summed E-state index contributed by atoms with van der Waals surface area (Å²) in [5.74, 6) is -1.24. The Morgan fingerprint density at radius 1 is 1.11 bits per heavy atom. The summed E-state index contributed by atoms with van der Waals surface area (Å²) in [7, 11) is 0. The van der Waals surface area contributed by atoms with Gasteiger partial charge in [-0.2, -0.15) is 0 Å². The molecule has 186 valence electrons. The Morgan fingerprint density at radius 2 is 1.77 bits per heavy atom. The lowest BCUT2D eigenvalue weighted by atomic mass is 9.84. The highest BCUT2D eigenvalue weighted by Gasteiger charge is 2.24. The van der Waals surface area contributed by atoms with Gasteiger partial charge in [0.25, 0.3) is 0 Å². The normalized spacial score (nSPS) is 12.4. The van der Waals surface area contributed by atoms with E-state index in [1.165, 1.54) is 11.7 Å². The van der Waals surface area contributed by atoms with Crippen LogP contribution in [0.2, 0.25) is 5.02 Å². The van der Waals surface area contributed by atoms with Gasteiger partial charge in [0.1, 0.15) is 41.8 Å². The lowest BCUT2D eigenvalue weighted by molar-refractivity contribution is -0.149. The van der Waals surface area contributed by atoms with Crippen LogP contribution in [0.5, 0.6) is 5.75 Å². The molecule has 0 amide bonds. The molecule has 35 heavy (non-hydrogen) atoms. The van der Waals surface area contributed by atoms with E-state index >= 15 is 0 Å². The maximum absolute atomic E-state index is 12.5. The molecule has 0 aliphatic rings. The van der Waals surface area contributed by atoms with Gasteiger partial charge in [0, 0.05) is 16.2 Å². The quantitative estimate of drug-likeness (QED) is 0.354. The number of aromatic hydroxyl groups is 1. The monoisotopic (exact) mass is 501 g/mol. The standard InChI is InChI=1S/C25H28ClN3O6/c1-14(2)24(33)35-13-17(30)12-34-22(31)10-15-8-18(25(3,4)5)23(32)21(9-15)29-27-19-7-6-16(26)11-20(19)28-29/h6-9,11,17,30,32H,1,10,12-13H2,2-5H3. The molecular weight excluding hydrogens is 474 g/mol. The van der Waals surface area contributed by atoms with Gasteiger partial charge >= 0.3 is 11.9 Å². The van der Waals surface area contributed by atoms with Crippen molar-refractivity contribution in [3.8, 4) is 11.4 Å². The highest BCUT2D eigenvalue weighted by atomic mass is 35.5. The number of nitrogens with zero attached hydrogens (tertiary/aromatic N) is 3. The fourth-order valence-corrected chi connectivity index (χ4v) is 3.42. The van der Waals surface area contributed by atoms with Crippen LogP contribution in [0.25, 0.3) is 16.7 Å². The number of hydrogen-bond acceptors (Lipinski definition) is 8. The average Bonchev–Trinajstić information content (AvgIpc) is 3.19. The molecular formula is C25H28ClN3O6. The van der Waals surface area contributed by atoms with Crippen molar-refractivity contribution in [1.82, 2.24) is 15.0 Å². The zero-order valence-corrected chi connectivity index (χ0v) is 20.8. The third-order valence-electron chi connectivity index (χ3n) is 5.06. The van der Waals surface area contributed by atoms with Crippen LogP contribution in [0.15, 0.2) is 42.5 Å². The van der Waals surface area contributed by atoms with Gasteiger partial charge in [-0.1, -0.05) is 45.0 Å². The van der Waals surface area contributed by atoms with E-state index in [-0.39, 0.29) is 31.0 Å². The number of halogens is 1. The number of aliphatic hydroxyl groups excluding tert-OH is 1. The number of phenolic OH excluding ortho intramolecular Hbond substituents is 1. The van der Waals surface area contributed by atoms with Crippen molar-refractivity contribution in [2.75, 3.05) is 13.2 Å². The van der Waals surface area contributed by atoms with E-state index in [1.54, 1.807) is 30.3 Å². The zero-order chi connectivity index (χ0) is 25.9. The number of carbonyl (C=O) groups is 2. The fraction of sp³-hybridized carbons (Fsp3) is 0.360. The number of aromatic nitrogens is 3. The first-order valence-corrected chi connectivity index (χ1v) is 11.3. The SMILES string of the molecule is C=C(C)C(=O)OCC(O)COC(=O)Cc1cc(-n2nc3ccc(Cl)cc3n2)c(O)c(C(C)(C)C)c1. The molecule has 0 spiro atoms. The number of hydrogen-bond donors (Lipinski definition) is 2. The average molecular weight is 502 g/mol. The van der Waals surface area contributed by atoms with E-state index in [0.29, 0.717) is 32.9 Å². The fourth-order valence-electron chi connectivity index (χ4n) is 3.25. The molecule has 1 unspecified atom stereocenters. The molecule has 2 N–H and O–H groups in total. The number of esters is 2. The van der Waals surface area contributed by atoms with Crippen molar-refractivity contribution < 1.29 is 29.3 Å². The summed E-state index contributed by atoms with van der Waals surface area (Å²) in [5.41, 5.74) is 2.38. The molecule has 3 aromatic rings. The molecule has 1 aromatic heterocycles. The third kappa shape index (κ3) is 6.58. The molecule has 1 heterocycles. The number of rotatable bonds is 8. The summed E-state index contributed by atoms with van der Waals surface area (Å²) in [6.07, 6.45) is -1.29. The number of ether oxygens (including phenoxy) is 2. The minimum atomic E-state index is -1.17. The number of fused-ring (bicyclic) bond motifs is 1. The van der Waals surface area contributed by atoms with Crippen LogP contribution in [0.4, 0.5) is 0 Å². The van der Waals surface area contributed by atoms with Gasteiger partial charge in [0.2, 0.25) is 0 Å². The minimum absolute atomic E-state index is 0.00392. The first-order valence-electron chi connectivity index (χ1n) is 10.9. The summed E-state index contributed by atoms with van der Waals surface area (Å²) in [6.45, 7) is 10.1. The molecule has 2 aromatic carbocycles. The molecule has 0 fully saturated rings. The maximum Gasteiger partial charge on any atom is 0.333 e. The summed E-state index contributed by atoms with van der Waals surface area (Å²) >= 11 is 6.05. The van der Waals surface area contributed by atoms with Gasteiger partial charge in [0.05, 0.1) is 6.42 Å². The number of aliphatic hydroxyl groups is 1. The van der Waals surface area contributed by atoms with E-state index in [9.17, 15) is 19.8 Å². The Kier molecular flexibility index (Phi) is 7.82. The highest BCUT2D eigenvalue weighted by Crippen LogP contribution is 2.36. The van der Waals surface area contributed by atoms with Gasteiger partial charge in [-0.05, 0) is 42.2 Å². The maximum atomic E-state index is 12.5. The van der Waals surface area contributed by atoms with E-state index in [0.717, 1.165) is 0 Å². The van der Waals surface area contributed by atoms with Crippen LogP contribution in [0.3, 0.4) is 0 Å². The predicted octanol–water partition coefficient (Wildman–Crippen LogP) is 3.64. The Hall–Kier alpha value is -3.43. The van der Waals surface area contributed by atoms with Crippen LogP contribution in [-0.4, -0.2) is 56.5 Å². The topological polar surface area (TPSA) is 124 Å². The van der Waals surface area contributed by atoms with E-state index in [1.807, 2.05) is 20.8 Å². The molecule has 0 aliphatic heterocycles. The van der Waals surface area contributed by atoms with E-state index in [4.69, 9.17) is 21.1 Å². The van der Waals surface area contributed by atoms with Gasteiger partial charge in [-0.15, -0.1) is 15.0 Å². The van der Waals surface area contributed by atoms with Crippen molar-refractivity contribution in [3.63, 3.8) is 0 Å². The van der Waals surface area contributed by atoms with Crippen LogP contribution in [-0.2, 0) is 30.9 Å². The summed E-state index contributed by atoms with van der Waals surface area (Å²) in [4.78, 5) is 25.2. The Morgan fingerprint density at radius 3 is 2.43 bits per heavy atom. The van der Waals surface area contributed by atoms with Crippen LogP contribution in [0.1, 0.15) is 38.8 Å². The molecule has 0 bridgehead atoms. The Labute approximate surface area is 207 Å². The number of phenols is 1. The molecule has 0 saturated heterocycles. The highest BCUT2D eigenvalue weighted by molar-refractivity contribution is 6.31. The van der Waals surface area contributed by atoms with Crippen LogP contribution in [0, 0.1) is 0 Å². The predicted molar refractivity (Wildman–Crippen MR) is 131 cm³/mol. The third-order valence-corrected chi connectivity index (χ3v) is 5.29. The smallest absolute Gasteiger partial charge is 0.333 e. The molecule has 1 atom stereocenters. The molecule has 0 saturated carbocycles. The Bertz CT molecular complexity index is 1280. The lowest BCUT2D eigenvalue weighted by Crippen LogP contribution is -2.26. The molecule has 9 nitrogen and oxygen atoms in total. The van der Waals surface area contributed by atoms with Gasteiger partial charge in [-0.3, -0.25) is 4.79 Å². The van der Waals surface area contributed by atoms with Crippen LogP contribution >= 0.6 is 11.6 Å². The van der Waals surface area contributed by atoms with Crippen molar-refractivity contribution in [2.45, 2.75) is 45.6 Å². The lowest BCUT2D eigenvalue weighted by Gasteiger charge is -2.23. The second-order valence-corrected chi connectivity index (χ2v) is 9.71. The summed E-state index contributed by atoms with van der Waals surface area (Å²) < 4.78 is 9.99. The van der Waals surface area contributed by atoms with Gasteiger partial charge in [-0.25, -0.2) is 4.79 Å². The zero-order valence-electron chi connectivity index (χ0n) is 20.0. The molecule has 0 radical (unpaired) electrons. The van der Waals surface area contributed by atoms with Crippen molar-refractivity contribution in [3.05, 3.63) is 58.6 Å². The van der Waals surface area contributed by atoms with Crippen molar-refractivity contribution >= 4 is 34.6 Å². The molecule has 10 heteroatoms. The van der Waals surface area contributed by atoms with Crippen molar-refractivity contribution in [1.29, 1.82) is 0 Å². The second kappa shape index (κ2) is 10.5. The van der Waals surface area contributed by atoms with Gasteiger partial charge in [0.15, 0.2) is 0 Å². The second-order valence-electron chi connectivity index (χ2n) is 9.28. The largest absolute Gasteiger partial charge is 0.505 e. The molecule has 0 aliphatic carbocycles. The number of carbonyl (C=O) groups excluding carboxylic acids is 2. The number of benzene rings is 2. The van der Waals surface area contributed by atoms with Crippen LogP contribution < -0.4 is 0 Å².